The third-order valence-electron chi connectivity index (χ3n) is 1.16. The summed E-state index contributed by atoms with van der Waals surface area (Å²) < 4.78 is 1.56. The van der Waals surface area contributed by atoms with E-state index in [4.69, 9.17) is 0 Å². The molecule has 0 atom stereocenters. The Hall–Kier alpha value is -0.0513. The summed E-state index contributed by atoms with van der Waals surface area (Å²) in [7, 11) is 0. The molecule has 0 spiro atoms. The van der Waals surface area contributed by atoms with Crippen molar-refractivity contribution in [1.82, 2.24) is 4.98 Å². The van der Waals surface area contributed by atoms with E-state index in [-0.39, 0.29) is 0 Å². The number of hydrogen-bond donors (Lipinski definition) is 0. The molecule has 0 fully saturated rings. The Bertz CT molecular complexity index is 150. The first kappa shape index (κ1) is 6.07. The van der Waals surface area contributed by atoms with Crippen LogP contribution in [0.4, 0.5) is 0 Å². The van der Waals surface area contributed by atoms with Crippen molar-refractivity contribution in [2.45, 2.75) is 4.94 Å². The van der Waals surface area contributed by atoms with E-state index < -0.39 is 21.1 Å². The van der Waals surface area contributed by atoms with Gasteiger partial charge in [0.05, 0.1) is 0 Å². The van der Waals surface area contributed by atoms with E-state index in [2.05, 4.69) is 22.1 Å². The zero-order chi connectivity index (χ0) is 5.82. The van der Waals surface area contributed by atoms with Crippen molar-refractivity contribution in [3.8, 4) is 0 Å². The molecule has 0 aliphatic rings. The average Bonchev–Trinajstić information content (AvgIpc) is 1.90. The van der Waals surface area contributed by atoms with E-state index in [1.165, 1.54) is 0 Å². The van der Waals surface area contributed by atoms with E-state index in [1.807, 2.05) is 12.4 Å². The molecule has 1 rings (SSSR count). The topological polar surface area (TPSA) is 12.9 Å². The summed E-state index contributed by atoms with van der Waals surface area (Å²) in [6, 6.07) is 4.24. The van der Waals surface area contributed by atoms with Gasteiger partial charge in [0.25, 0.3) is 0 Å². The van der Waals surface area contributed by atoms with Crippen molar-refractivity contribution in [1.29, 1.82) is 0 Å². The first-order chi connectivity index (χ1) is 3.93. The van der Waals surface area contributed by atoms with Crippen molar-refractivity contribution in [2.75, 3.05) is 0 Å². The summed E-state index contributed by atoms with van der Waals surface area (Å²) in [5.74, 6) is 0. The number of hydrogen-bond acceptors (Lipinski definition) is 1. The molecule has 0 saturated carbocycles. The third-order valence-corrected chi connectivity index (χ3v) is 4.83. The van der Waals surface area contributed by atoms with Gasteiger partial charge in [0.2, 0.25) is 0 Å². The van der Waals surface area contributed by atoms with Crippen LogP contribution in [0.15, 0.2) is 24.5 Å². The van der Waals surface area contributed by atoms with E-state index in [1.54, 1.807) is 3.58 Å². The van der Waals surface area contributed by atoms with Crippen LogP contribution < -0.4 is 3.58 Å². The Morgan fingerprint density at radius 1 is 1.38 bits per heavy atom. The molecule has 0 aliphatic carbocycles. The van der Waals surface area contributed by atoms with Gasteiger partial charge in [0, 0.05) is 0 Å². The average molecular weight is 214 g/mol. The quantitative estimate of drug-likeness (QED) is 0.596. The summed E-state index contributed by atoms with van der Waals surface area (Å²) in [5.41, 5.74) is 0. The van der Waals surface area contributed by atoms with E-state index in [0.29, 0.717) is 0 Å². The maximum atomic E-state index is 3.93. The zero-order valence-electron chi connectivity index (χ0n) is 4.96. The van der Waals surface area contributed by atoms with Crippen LogP contribution >= 0.6 is 0 Å². The van der Waals surface area contributed by atoms with Crippen LogP contribution in [-0.4, -0.2) is 26.1 Å². The summed E-state index contributed by atoms with van der Waals surface area (Å²) >= 11 is -0.486. The van der Waals surface area contributed by atoms with E-state index in [0.717, 1.165) is 0 Å². The summed E-state index contributed by atoms with van der Waals surface area (Å²) in [6.45, 7) is 0. The van der Waals surface area contributed by atoms with E-state index >= 15 is 0 Å². The molecule has 1 heterocycles. The van der Waals surface area contributed by atoms with Crippen LogP contribution in [0.3, 0.4) is 0 Å². The van der Waals surface area contributed by atoms with Crippen molar-refractivity contribution < 1.29 is 0 Å². The van der Waals surface area contributed by atoms with Crippen LogP contribution in [0.5, 0.6) is 0 Å². The van der Waals surface area contributed by atoms with Gasteiger partial charge in [-0.25, -0.2) is 0 Å². The molecule has 1 nitrogen and oxygen atoms in total. The molecule has 1 aromatic rings. The fraction of sp³-hybridized carbons (Fsp3) is 0.167. The molecule has 0 aromatic carbocycles. The van der Waals surface area contributed by atoms with Crippen molar-refractivity contribution >= 4 is 24.7 Å². The monoisotopic (exact) mass is 215 g/mol. The minimum atomic E-state index is -0.486. The summed E-state index contributed by atoms with van der Waals surface area (Å²) in [6.07, 6.45) is 3.74. The van der Waals surface area contributed by atoms with Gasteiger partial charge in [-0.2, -0.15) is 0 Å². The number of aromatic nitrogens is 1. The molecule has 42 valence electrons. The van der Waals surface area contributed by atoms with Gasteiger partial charge >= 0.3 is 59.2 Å². The zero-order valence-corrected chi connectivity index (χ0v) is 9.00. The molecule has 0 amide bonds. The summed E-state index contributed by atoms with van der Waals surface area (Å²) in [4.78, 5) is 6.27. The van der Waals surface area contributed by atoms with Crippen LogP contribution in [0, 0.1) is 0 Å². The molecule has 8 heavy (non-hydrogen) atoms. The van der Waals surface area contributed by atoms with Gasteiger partial charge < -0.3 is 0 Å². The molecular weight excluding hydrogens is 205 g/mol. The van der Waals surface area contributed by atoms with Crippen LogP contribution in [0.1, 0.15) is 0 Å². The van der Waals surface area contributed by atoms with Gasteiger partial charge in [-0.3, -0.25) is 0 Å². The van der Waals surface area contributed by atoms with Crippen LogP contribution in [-0.2, 0) is 0 Å². The molecular formula is C6H9NSn. The number of rotatable bonds is 1. The summed E-state index contributed by atoms with van der Waals surface area (Å²) in [5, 5.41) is 0. The molecule has 0 bridgehead atoms. The molecule has 1 aromatic heterocycles. The third kappa shape index (κ3) is 1.47. The molecule has 0 saturated heterocycles. The predicted molar refractivity (Wildman–Crippen MR) is 38.3 cm³/mol. The Balaban J connectivity index is 2.83. The van der Waals surface area contributed by atoms with Gasteiger partial charge in [-0.15, -0.1) is 0 Å². The first-order valence-corrected chi connectivity index (χ1v) is 8.88. The van der Waals surface area contributed by atoms with Gasteiger partial charge in [-0.05, 0) is 0 Å². The SMILES string of the molecule is [CH3][SnH2][c]1ccncc1. The van der Waals surface area contributed by atoms with Crippen molar-refractivity contribution in [3.05, 3.63) is 24.5 Å². The Labute approximate surface area is 59.4 Å². The van der Waals surface area contributed by atoms with Crippen molar-refractivity contribution in [2.24, 2.45) is 0 Å². The Morgan fingerprint density at radius 2 is 2.00 bits per heavy atom. The Morgan fingerprint density at radius 3 is 2.38 bits per heavy atom. The van der Waals surface area contributed by atoms with Gasteiger partial charge in [-0.1, -0.05) is 0 Å². The number of pyridine rings is 1. The number of nitrogens with zero attached hydrogens (tertiary/aromatic N) is 1. The minimum absolute atomic E-state index is 0.486. The second-order valence-electron chi connectivity index (χ2n) is 1.71. The fourth-order valence-electron chi connectivity index (χ4n) is 0.618. The molecule has 0 N–H and O–H groups in total. The Kier molecular flexibility index (Phi) is 2.33. The first-order valence-electron chi connectivity index (χ1n) is 2.82. The normalized spacial score (nSPS) is 10.6. The second-order valence-corrected chi connectivity index (χ2v) is 6.06. The fourth-order valence-corrected chi connectivity index (χ4v) is 2.57. The van der Waals surface area contributed by atoms with Crippen molar-refractivity contribution in [3.63, 3.8) is 0 Å². The maximum absolute atomic E-state index is 3.93. The molecule has 0 aliphatic heterocycles. The molecule has 2 heteroatoms. The van der Waals surface area contributed by atoms with E-state index in [9.17, 15) is 0 Å². The molecule has 0 unspecified atom stereocenters. The van der Waals surface area contributed by atoms with Crippen LogP contribution in [0.25, 0.3) is 0 Å². The van der Waals surface area contributed by atoms with Gasteiger partial charge in [0.1, 0.15) is 0 Å². The van der Waals surface area contributed by atoms with Gasteiger partial charge in [0.15, 0.2) is 0 Å². The van der Waals surface area contributed by atoms with Crippen LogP contribution in [0.2, 0.25) is 4.94 Å². The standard InChI is InChI=1S/C5H4N.CH3.Sn.2H/c1-2-4-6-5-3-1;;;;/h2-5H;1H3;;;. The predicted octanol–water partition coefficient (Wildman–Crippen LogP) is -0.0762. The molecule has 0 radical (unpaired) electrons. The second kappa shape index (κ2) is 3.07.